The third-order valence-electron chi connectivity index (χ3n) is 2.72. The van der Waals surface area contributed by atoms with E-state index >= 15 is 0 Å². The fraction of sp³-hybridized carbons (Fsp3) is 0.250. The Morgan fingerprint density at radius 1 is 1.40 bits per heavy atom. The van der Waals surface area contributed by atoms with Crippen molar-refractivity contribution in [2.75, 3.05) is 11.9 Å². The van der Waals surface area contributed by atoms with E-state index in [1.54, 1.807) is 6.92 Å². The fourth-order valence-corrected chi connectivity index (χ4v) is 1.88. The van der Waals surface area contributed by atoms with Crippen molar-refractivity contribution < 1.29 is 9.90 Å². The molecule has 2 rings (SSSR count). The van der Waals surface area contributed by atoms with Gasteiger partial charge >= 0.3 is 5.97 Å². The van der Waals surface area contributed by atoms with Gasteiger partial charge in [0.2, 0.25) is 0 Å². The summed E-state index contributed by atoms with van der Waals surface area (Å²) in [5.74, 6) is -0.832. The zero-order valence-electron chi connectivity index (χ0n) is 8.58. The first-order valence-electron chi connectivity index (χ1n) is 4.96. The van der Waals surface area contributed by atoms with Gasteiger partial charge in [0, 0.05) is 23.4 Å². The average Bonchev–Trinajstić information content (AvgIpc) is 2.27. The predicted molar refractivity (Wildman–Crippen MR) is 59.8 cm³/mol. The molecule has 0 radical (unpaired) electrons. The van der Waals surface area contributed by atoms with Gasteiger partial charge in [-0.25, -0.2) is 4.79 Å². The molecule has 1 aromatic carbocycles. The van der Waals surface area contributed by atoms with Crippen LogP contribution in [-0.2, 0) is 4.79 Å². The van der Waals surface area contributed by atoms with E-state index in [-0.39, 0.29) is 0 Å². The number of para-hydroxylation sites is 1. The van der Waals surface area contributed by atoms with Crippen molar-refractivity contribution in [2.24, 2.45) is 0 Å². The summed E-state index contributed by atoms with van der Waals surface area (Å²) in [6.45, 7) is 2.47. The summed E-state index contributed by atoms with van der Waals surface area (Å²) in [6, 6.07) is 7.82. The minimum atomic E-state index is -0.832. The highest BCUT2D eigenvalue weighted by atomic mass is 16.4. The molecular formula is C12H13NO2. The maximum atomic E-state index is 10.9. The molecule has 15 heavy (non-hydrogen) atoms. The first-order valence-corrected chi connectivity index (χ1v) is 4.96. The number of benzene rings is 1. The number of nitrogens with one attached hydrogen (secondary N) is 1. The first kappa shape index (κ1) is 9.77. The van der Waals surface area contributed by atoms with E-state index in [9.17, 15) is 4.79 Å². The summed E-state index contributed by atoms with van der Waals surface area (Å²) in [6.07, 6.45) is 0.773. The van der Waals surface area contributed by atoms with Crippen LogP contribution in [0, 0.1) is 0 Å². The van der Waals surface area contributed by atoms with Crippen molar-refractivity contribution in [2.45, 2.75) is 13.3 Å². The van der Waals surface area contributed by atoms with E-state index in [1.807, 2.05) is 24.3 Å². The Kier molecular flexibility index (Phi) is 2.46. The molecule has 1 aliphatic rings. The lowest BCUT2D eigenvalue weighted by molar-refractivity contribution is -0.132. The standard InChI is InChI=1S/C12H13NO2/c1-8(12(14)15)9-6-7-13-11-5-3-2-4-10(9)11/h2-5,13H,6-7H2,1H3,(H,14,15)/b9-8+. The topological polar surface area (TPSA) is 49.3 Å². The molecule has 0 aliphatic carbocycles. The Balaban J connectivity index is 2.55. The summed E-state index contributed by atoms with van der Waals surface area (Å²) in [4.78, 5) is 10.9. The number of carbonyl (C=O) groups is 1. The van der Waals surface area contributed by atoms with Gasteiger partial charge in [-0.1, -0.05) is 18.2 Å². The second-order valence-corrected chi connectivity index (χ2v) is 3.63. The predicted octanol–water partition coefficient (Wildman–Crippen LogP) is 2.36. The molecule has 0 unspecified atom stereocenters. The van der Waals surface area contributed by atoms with Crippen molar-refractivity contribution in [3.63, 3.8) is 0 Å². The summed E-state index contributed by atoms with van der Waals surface area (Å²) < 4.78 is 0. The Labute approximate surface area is 88.4 Å². The van der Waals surface area contributed by atoms with Crippen molar-refractivity contribution in [3.8, 4) is 0 Å². The van der Waals surface area contributed by atoms with Crippen LogP contribution in [0.4, 0.5) is 5.69 Å². The maximum absolute atomic E-state index is 10.9. The molecule has 0 saturated heterocycles. The molecule has 0 aromatic heterocycles. The number of carboxylic acids is 1. The third-order valence-corrected chi connectivity index (χ3v) is 2.72. The highest BCUT2D eigenvalue weighted by Crippen LogP contribution is 2.32. The van der Waals surface area contributed by atoms with Gasteiger partial charge in [0.25, 0.3) is 0 Å². The molecule has 3 heteroatoms. The number of carboxylic acid groups (broad SMARTS) is 1. The van der Waals surface area contributed by atoms with Gasteiger partial charge in [0.1, 0.15) is 0 Å². The Morgan fingerprint density at radius 2 is 2.13 bits per heavy atom. The molecule has 78 valence electrons. The number of hydrogen-bond donors (Lipinski definition) is 2. The van der Waals surface area contributed by atoms with Gasteiger partial charge in [-0.2, -0.15) is 0 Å². The average molecular weight is 203 g/mol. The summed E-state index contributed by atoms with van der Waals surface area (Å²) in [5.41, 5.74) is 3.43. The molecule has 1 aliphatic heterocycles. The van der Waals surface area contributed by atoms with Gasteiger partial charge < -0.3 is 10.4 Å². The highest BCUT2D eigenvalue weighted by Gasteiger charge is 2.17. The number of hydrogen-bond acceptors (Lipinski definition) is 2. The van der Waals surface area contributed by atoms with Crippen LogP contribution in [0.15, 0.2) is 29.8 Å². The number of anilines is 1. The van der Waals surface area contributed by atoms with Crippen LogP contribution < -0.4 is 5.32 Å². The van der Waals surface area contributed by atoms with E-state index in [4.69, 9.17) is 5.11 Å². The van der Waals surface area contributed by atoms with Crippen LogP contribution in [0.25, 0.3) is 5.57 Å². The molecular weight excluding hydrogens is 190 g/mol. The van der Waals surface area contributed by atoms with Crippen LogP contribution >= 0.6 is 0 Å². The number of fused-ring (bicyclic) bond motifs is 1. The molecule has 0 bridgehead atoms. The molecule has 1 heterocycles. The van der Waals surface area contributed by atoms with Gasteiger partial charge in [-0.15, -0.1) is 0 Å². The SMILES string of the molecule is C/C(C(=O)O)=C1/CCNc2ccccc21. The zero-order valence-corrected chi connectivity index (χ0v) is 8.58. The van der Waals surface area contributed by atoms with E-state index in [2.05, 4.69) is 5.32 Å². The number of rotatable bonds is 1. The zero-order chi connectivity index (χ0) is 10.8. The summed E-state index contributed by atoms with van der Waals surface area (Å²) in [5, 5.41) is 12.2. The molecule has 1 aromatic rings. The van der Waals surface area contributed by atoms with E-state index in [1.165, 1.54) is 0 Å². The lowest BCUT2D eigenvalue weighted by atomic mass is 9.93. The third kappa shape index (κ3) is 1.73. The van der Waals surface area contributed by atoms with Crippen LogP contribution in [-0.4, -0.2) is 17.6 Å². The Hall–Kier alpha value is -1.77. The second-order valence-electron chi connectivity index (χ2n) is 3.63. The molecule has 0 atom stereocenters. The lowest BCUT2D eigenvalue weighted by Crippen LogP contribution is -2.13. The molecule has 0 saturated carbocycles. The summed E-state index contributed by atoms with van der Waals surface area (Å²) >= 11 is 0. The quantitative estimate of drug-likeness (QED) is 0.689. The van der Waals surface area contributed by atoms with Crippen molar-refractivity contribution in [1.29, 1.82) is 0 Å². The van der Waals surface area contributed by atoms with Crippen LogP contribution in [0.3, 0.4) is 0 Å². The van der Waals surface area contributed by atoms with Gasteiger partial charge in [-0.05, 0) is 25.0 Å². The van der Waals surface area contributed by atoms with Crippen molar-refractivity contribution in [1.82, 2.24) is 0 Å². The summed E-state index contributed by atoms with van der Waals surface area (Å²) in [7, 11) is 0. The second kappa shape index (κ2) is 3.77. The van der Waals surface area contributed by atoms with Gasteiger partial charge in [0.05, 0.1) is 0 Å². The van der Waals surface area contributed by atoms with E-state index in [0.717, 1.165) is 29.8 Å². The molecule has 2 N–H and O–H groups in total. The number of aliphatic carboxylic acids is 1. The molecule has 3 nitrogen and oxygen atoms in total. The van der Waals surface area contributed by atoms with E-state index in [0.29, 0.717) is 5.57 Å². The van der Waals surface area contributed by atoms with Crippen LogP contribution in [0.5, 0.6) is 0 Å². The smallest absolute Gasteiger partial charge is 0.331 e. The largest absolute Gasteiger partial charge is 0.478 e. The molecule has 0 fully saturated rings. The van der Waals surface area contributed by atoms with Gasteiger partial charge in [0.15, 0.2) is 0 Å². The normalized spacial score (nSPS) is 17.7. The monoisotopic (exact) mass is 203 g/mol. The Bertz CT molecular complexity index is 435. The van der Waals surface area contributed by atoms with Crippen molar-refractivity contribution >= 4 is 17.2 Å². The fourth-order valence-electron chi connectivity index (χ4n) is 1.88. The maximum Gasteiger partial charge on any atom is 0.331 e. The minimum absolute atomic E-state index is 0.448. The van der Waals surface area contributed by atoms with Crippen LogP contribution in [0.2, 0.25) is 0 Å². The van der Waals surface area contributed by atoms with Crippen LogP contribution in [0.1, 0.15) is 18.9 Å². The molecule has 0 spiro atoms. The highest BCUT2D eigenvalue weighted by molar-refractivity contribution is 5.98. The van der Waals surface area contributed by atoms with Gasteiger partial charge in [-0.3, -0.25) is 0 Å². The lowest BCUT2D eigenvalue weighted by Gasteiger charge is -2.21. The molecule has 0 amide bonds. The van der Waals surface area contributed by atoms with Crippen molar-refractivity contribution in [3.05, 3.63) is 35.4 Å². The Morgan fingerprint density at radius 3 is 2.87 bits per heavy atom. The van der Waals surface area contributed by atoms with E-state index < -0.39 is 5.97 Å². The minimum Gasteiger partial charge on any atom is -0.478 e. The first-order chi connectivity index (χ1) is 7.20.